The first-order valence-corrected chi connectivity index (χ1v) is 7.53. The van der Waals surface area contributed by atoms with E-state index in [1.807, 2.05) is 17.8 Å². The summed E-state index contributed by atoms with van der Waals surface area (Å²) in [7, 11) is 0. The van der Waals surface area contributed by atoms with E-state index in [1.165, 1.54) is 31.4 Å². The Labute approximate surface area is 106 Å². The van der Waals surface area contributed by atoms with Gasteiger partial charge in [-0.05, 0) is 30.6 Å². The third kappa shape index (κ3) is 3.08. The summed E-state index contributed by atoms with van der Waals surface area (Å²) in [6, 6.07) is 2.05. The van der Waals surface area contributed by atoms with E-state index < -0.39 is 0 Å². The molecule has 0 aliphatic heterocycles. The molecule has 0 aromatic carbocycles. The Balaban J connectivity index is 2.17. The maximum atomic E-state index is 5.23. The van der Waals surface area contributed by atoms with Crippen LogP contribution in [0.1, 0.15) is 50.0 Å². The Morgan fingerprint density at radius 3 is 2.94 bits per heavy atom. The summed E-state index contributed by atoms with van der Waals surface area (Å²) < 4.78 is 0.743. The largest absolute Gasteiger partial charge is 0.346 e. The molecule has 1 aliphatic rings. The van der Waals surface area contributed by atoms with Gasteiger partial charge in [0.1, 0.15) is 10.5 Å². The maximum absolute atomic E-state index is 5.23. The van der Waals surface area contributed by atoms with E-state index in [0.717, 1.165) is 22.0 Å². The van der Waals surface area contributed by atoms with Crippen LogP contribution in [0.25, 0.3) is 0 Å². The van der Waals surface area contributed by atoms with Crippen LogP contribution in [0.5, 0.6) is 0 Å². The highest BCUT2D eigenvalue weighted by Gasteiger charge is 2.18. The average Bonchev–Trinajstić information content (AvgIpc) is 2.79. The van der Waals surface area contributed by atoms with Crippen LogP contribution in [0.3, 0.4) is 0 Å². The standard InChI is InChI=1S/C12H18N2S2/c1-2-16-8-11-13-10(7-12(15)14-11)9-5-3-4-6-9/h7,9H,2-6,8H2,1H3,(H,13,14,15). The highest BCUT2D eigenvalue weighted by atomic mass is 32.2. The monoisotopic (exact) mass is 254 g/mol. The van der Waals surface area contributed by atoms with Crippen molar-refractivity contribution in [3.8, 4) is 0 Å². The molecule has 2 rings (SSSR count). The lowest BCUT2D eigenvalue weighted by atomic mass is 10.0. The van der Waals surface area contributed by atoms with E-state index in [9.17, 15) is 0 Å². The van der Waals surface area contributed by atoms with Gasteiger partial charge in [0.15, 0.2) is 0 Å². The fraction of sp³-hybridized carbons (Fsp3) is 0.667. The molecule has 1 saturated carbocycles. The number of H-pyrrole nitrogens is 1. The van der Waals surface area contributed by atoms with E-state index in [0.29, 0.717) is 5.92 Å². The van der Waals surface area contributed by atoms with Crippen molar-refractivity contribution >= 4 is 24.0 Å². The van der Waals surface area contributed by atoms with Gasteiger partial charge in [0, 0.05) is 5.69 Å². The summed E-state index contributed by atoms with van der Waals surface area (Å²) in [6.07, 6.45) is 5.31. The predicted octanol–water partition coefficient (Wildman–Crippen LogP) is 4.05. The lowest BCUT2D eigenvalue weighted by Gasteiger charge is -2.11. The second kappa shape index (κ2) is 5.82. The van der Waals surface area contributed by atoms with Crippen molar-refractivity contribution in [2.45, 2.75) is 44.3 Å². The van der Waals surface area contributed by atoms with Gasteiger partial charge in [-0.2, -0.15) is 11.8 Å². The smallest absolute Gasteiger partial charge is 0.130 e. The number of aromatic nitrogens is 2. The van der Waals surface area contributed by atoms with Crippen LogP contribution in [0.15, 0.2) is 6.07 Å². The zero-order chi connectivity index (χ0) is 11.4. The lowest BCUT2D eigenvalue weighted by Crippen LogP contribution is -2.02. The summed E-state index contributed by atoms with van der Waals surface area (Å²) >= 11 is 7.11. The molecule has 1 heterocycles. The van der Waals surface area contributed by atoms with Crippen molar-refractivity contribution in [3.05, 3.63) is 22.2 Å². The summed E-state index contributed by atoms with van der Waals surface area (Å²) in [5.74, 6) is 3.80. The fourth-order valence-corrected chi connectivity index (χ4v) is 3.02. The second-order valence-corrected chi connectivity index (χ2v) is 5.93. The highest BCUT2D eigenvalue weighted by molar-refractivity contribution is 7.98. The average molecular weight is 254 g/mol. The minimum Gasteiger partial charge on any atom is -0.346 e. The van der Waals surface area contributed by atoms with Crippen molar-refractivity contribution in [2.24, 2.45) is 0 Å². The van der Waals surface area contributed by atoms with Gasteiger partial charge >= 0.3 is 0 Å². The van der Waals surface area contributed by atoms with Gasteiger partial charge in [-0.15, -0.1) is 0 Å². The van der Waals surface area contributed by atoms with Crippen LogP contribution in [0.2, 0.25) is 0 Å². The van der Waals surface area contributed by atoms with Crippen molar-refractivity contribution in [1.82, 2.24) is 9.97 Å². The molecular weight excluding hydrogens is 236 g/mol. The van der Waals surface area contributed by atoms with Crippen molar-refractivity contribution in [1.29, 1.82) is 0 Å². The molecule has 4 heteroatoms. The summed E-state index contributed by atoms with van der Waals surface area (Å²) in [4.78, 5) is 7.84. The number of hydrogen-bond acceptors (Lipinski definition) is 3. The molecule has 1 aromatic rings. The fourth-order valence-electron chi connectivity index (χ4n) is 2.25. The first kappa shape index (κ1) is 12.1. The van der Waals surface area contributed by atoms with Gasteiger partial charge < -0.3 is 4.98 Å². The summed E-state index contributed by atoms with van der Waals surface area (Å²) in [6.45, 7) is 2.17. The molecular formula is C12H18N2S2. The number of rotatable bonds is 4. The Morgan fingerprint density at radius 2 is 2.25 bits per heavy atom. The molecule has 88 valence electrons. The van der Waals surface area contributed by atoms with Crippen LogP contribution in [-0.2, 0) is 5.75 Å². The SMILES string of the molecule is CCSCc1nc(=S)cc(C2CCCC2)[nH]1. The zero-order valence-electron chi connectivity index (χ0n) is 9.66. The molecule has 0 radical (unpaired) electrons. The third-order valence-corrected chi connectivity index (χ3v) is 4.15. The number of thioether (sulfide) groups is 1. The number of aromatic amines is 1. The summed E-state index contributed by atoms with van der Waals surface area (Å²) in [5.41, 5.74) is 1.31. The minimum atomic E-state index is 0.690. The van der Waals surface area contributed by atoms with Crippen molar-refractivity contribution in [3.63, 3.8) is 0 Å². The van der Waals surface area contributed by atoms with Gasteiger partial charge in [-0.25, -0.2) is 4.98 Å². The molecule has 16 heavy (non-hydrogen) atoms. The molecule has 1 aromatic heterocycles. The number of nitrogens with zero attached hydrogens (tertiary/aromatic N) is 1. The lowest BCUT2D eigenvalue weighted by molar-refractivity contribution is 0.687. The Kier molecular flexibility index (Phi) is 4.41. The molecule has 2 nitrogen and oxygen atoms in total. The van der Waals surface area contributed by atoms with Crippen LogP contribution in [0.4, 0.5) is 0 Å². The van der Waals surface area contributed by atoms with Crippen molar-refractivity contribution < 1.29 is 0 Å². The van der Waals surface area contributed by atoms with Crippen LogP contribution >= 0.6 is 24.0 Å². The minimum absolute atomic E-state index is 0.690. The predicted molar refractivity (Wildman–Crippen MR) is 72.5 cm³/mol. The number of hydrogen-bond donors (Lipinski definition) is 1. The van der Waals surface area contributed by atoms with E-state index >= 15 is 0 Å². The molecule has 0 atom stereocenters. The van der Waals surface area contributed by atoms with Gasteiger partial charge in [0.25, 0.3) is 0 Å². The molecule has 0 amide bonds. The van der Waals surface area contributed by atoms with Crippen LogP contribution in [-0.4, -0.2) is 15.7 Å². The maximum Gasteiger partial charge on any atom is 0.130 e. The molecule has 0 unspecified atom stereocenters. The van der Waals surface area contributed by atoms with Gasteiger partial charge in [-0.1, -0.05) is 32.0 Å². The second-order valence-electron chi connectivity index (χ2n) is 4.24. The first-order valence-electron chi connectivity index (χ1n) is 5.97. The van der Waals surface area contributed by atoms with Gasteiger partial charge in [0.05, 0.1) is 5.75 Å². The molecule has 1 N–H and O–H groups in total. The van der Waals surface area contributed by atoms with E-state index in [-0.39, 0.29) is 0 Å². The zero-order valence-corrected chi connectivity index (χ0v) is 11.3. The summed E-state index contributed by atoms with van der Waals surface area (Å²) in [5, 5.41) is 0. The first-order chi connectivity index (χ1) is 7.79. The van der Waals surface area contributed by atoms with Gasteiger partial charge in [-0.3, -0.25) is 0 Å². The third-order valence-electron chi connectivity index (χ3n) is 3.05. The molecule has 1 fully saturated rings. The van der Waals surface area contributed by atoms with E-state index in [4.69, 9.17) is 12.2 Å². The quantitative estimate of drug-likeness (QED) is 0.822. The number of nitrogens with one attached hydrogen (secondary N) is 1. The molecule has 0 bridgehead atoms. The van der Waals surface area contributed by atoms with Crippen LogP contribution < -0.4 is 0 Å². The van der Waals surface area contributed by atoms with E-state index in [2.05, 4.69) is 16.9 Å². The van der Waals surface area contributed by atoms with E-state index in [1.54, 1.807) is 0 Å². The Morgan fingerprint density at radius 1 is 1.50 bits per heavy atom. The van der Waals surface area contributed by atoms with Gasteiger partial charge in [0.2, 0.25) is 0 Å². The van der Waals surface area contributed by atoms with Crippen molar-refractivity contribution in [2.75, 3.05) is 5.75 Å². The topological polar surface area (TPSA) is 28.7 Å². The Hall–Kier alpha value is -0.350. The highest BCUT2D eigenvalue weighted by Crippen LogP contribution is 2.33. The normalized spacial score (nSPS) is 16.8. The molecule has 1 aliphatic carbocycles. The molecule has 0 spiro atoms. The molecule has 0 saturated heterocycles. The Bertz CT molecular complexity index is 394. The van der Waals surface area contributed by atoms with Crippen LogP contribution in [0, 0.1) is 4.64 Å².